The molecule has 176 valence electrons. The van der Waals surface area contributed by atoms with Crippen LogP contribution in [0.1, 0.15) is 78.6 Å². The summed E-state index contributed by atoms with van der Waals surface area (Å²) in [6, 6.07) is 16.2. The quantitative estimate of drug-likeness (QED) is 0.199. The maximum absolute atomic E-state index is 11.7. The average Bonchev–Trinajstić information content (AvgIpc) is 2.81. The van der Waals surface area contributed by atoms with Gasteiger partial charge in [0.25, 0.3) is 0 Å². The van der Waals surface area contributed by atoms with E-state index in [9.17, 15) is 4.79 Å². The molecular weight excluding hydrogens is 400 g/mol. The summed E-state index contributed by atoms with van der Waals surface area (Å²) in [5, 5.41) is 0. The van der Waals surface area contributed by atoms with Gasteiger partial charge in [-0.15, -0.1) is 0 Å². The van der Waals surface area contributed by atoms with E-state index in [1.54, 1.807) is 0 Å². The van der Waals surface area contributed by atoms with Crippen molar-refractivity contribution < 1.29 is 19.0 Å². The highest BCUT2D eigenvalue weighted by Gasteiger charge is 2.10. The molecule has 2 aromatic carbocycles. The smallest absolute Gasteiger partial charge is 0.306 e. The van der Waals surface area contributed by atoms with Gasteiger partial charge in [0.2, 0.25) is 0 Å². The van der Waals surface area contributed by atoms with Gasteiger partial charge in [0.15, 0.2) is 0 Å². The van der Waals surface area contributed by atoms with Gasteiger partial charge in [-0.1, -0.05) is 76.6 Å². The molecule has 2 rings (SSSR count). The first-order chi connectivity index (χ1) is 15.6. The number of ether oxygens (including phenoxy) is 3. The van der Waals surface area contributed by atoms with E-state index in [2.05, 4.69) is 26.0 Å². The Balaban J connectivity index is 1.72. The van der Waals surface area contributed by atoms with Crippen LogP contribution >= 0.6 is 0 Å². The highest BCUT2D eigenvalue weighted by atomic mass is 16.6. The Bertz CT molecular complexity index is 752. The minimum atomic E-state index is -0.261. The van der Waals surface area contributed by atoms with E-state index in [0.29, 0.717) is 13.0 Å². The largest absolute Gasteiger partial charge is 0.494 e. The number of esters is 1. The van der Waals surface area contributed by atoms with Crippen LogP contribution in [-0.4, -0.2) is 25.3 Å². The fraction of sp³-hybridized carbons (Fsp3) is 0.536. The Morgan fingerprint density at radius 3 is 1.84 bits per heavy atom. The van der Waals surface area contributed by atoms with E-state index >= 15 is 0 Å². The number of hydrogen-bond donors (Lipinski definition) is 0. The fourth-order valence-corrected chi connectivity index (χ4v) is 3.41. The molecule has 0 heterocycles. The lowest BCUT2D eigenvalue weighted by atomic mass is 10.1. The molecule has 0 radical (unpaired) electrons. The predicted molar refractivity (Wildman–Crippen MR) is 131 cm³/mol. The van der Waals surface area contributed by atoms with Crippen LogP contribution in [0.5, 0.6) is 11.5 Å². The van der Waals surface area contributed by atoms with Gasteiger partial charge in [-0.05, 0) is 55.2 Å². The molecule has 4 nitrogen and oxygen atoms in total. The molecule has 0 aliphatic carbocycles. The lowest BCUT2D eigenvalue weighted by Crippen LogP contribution is -2.21. The van der Waals surface area contributed by atoms with Crippen molar-refractivity contribution in [1.29, 1.82) is 0 Å². The van der Waals surface area contributed by atoms with Crippen LogP contribution in [0.4, 0.5) is 0 Å². The zero-order valence-electron chi connectivity index (χ0n) is 20.1. The molecule has 0 saturated carbocycles. The third-order valence-electron chi connectivity index (χ3n) is 5.36. The molecule has 0 aromatic heterocycles. The second-order valence-corrected chi connectivity index (χ2v) is 8.38. The second kappa shape index (κ2) is 15.3. The van der Waals surface area contributed by atoms with Crippen LogP contribution in [0, 0.1) is 0 Å². The van der Waals surface area contributed by atoms with E-state index in [4.69, 9.17) is 14.2 Å². The van der Waals surface area contributed by atoms with Gasteiger partial charge in [-0.25, -0.2) is 0 Å². The van der Waals surface area contributed by atoms with Crippen LogP contribution < -0.4 is 9.47 Å². The third-order valence-corrected chi connectivity index (χ3v) is 5.36. The van der Waals surface area contributed by atoms with Crippen LogP contribution in [0.25, 0.3) is 11.1 Å². The number of benzene rings is 2. The summed E-state index contributed by atoms with van der Waals surface area (Å²) in [6.07, 6.45) is 9.68. The van der Waals surface area contributed by atoms with E-state index < -0.39 is 0 Å². The highest BCUT2D eigenvalue weighted by molar-refractivity contribution is 5.69. The molecule has 0 amide bonds. The number of hydrogen-bond acceptors (Lipinski definition) is 4. The van der Waals surface area contributed by atoms with E-state index in [1.807, 2.05) is 43.3 Å². The van der Waals surface area contributed by atoms with Crippen molar-refractivity contribution in [2.75, 3.05) is 13.2 Å². The van der Waals surface area contributed by atoms with Gasteiger partial charge < -0.3 is 14.2 Å². The first-order valence-corrected chi connectivity index (χ1v) is 12.3. The maximum Gasteiger partial charge on any atom is 0.306 e. The summed E-state index contributed by atoms with van der Waals surface area (Å²) in [6.45, 7) is 7.29. The lowest BCUT2D eigenvalue weighted by molar-refractivity contribution is -0.149. The molecule has 1 atom stereocenters. The Morgan fingerprint density at radius 1 is 0.719 bits per heavy atom. The molecule has 0 fully saturated rings. The minimum absolute atomic E-state index is 0.155. The summed E-state index contributed by atoms with van der Waals surface area (Å²) < 4.78 is 17.0. The van der Waals surface area contributed by atoms with E-state index in [-0.39, 0.29) is 12.1 Å². The molecule has 0 aliphatic rings. The summed E-state index contributed by atoms with van der Waals surface area (Å²) in [4.78, 5) is 11.7. The molecule has 2 aromatic rings. The highest BCUT2D eigenvalue weighted by Crippen LogP contribution is 2.25. The van der Waals surface area contributed by atoms with Crippen molar-refractivity contribution in [2.24, 2.45) is 0 Å². The van der Waals surface area contributed by atoms with Crippen molar-refractivity contribution in [3.05, 3.63) is 48.5 Å². The Hall–Kier alpha value is -2.49. The zero-order chi connectivity index (χ0) is 23.0. The minimum Gasteiger partial charge on any atom is -0.494 e. The fourth-order valence-electron chi connectivity index (χ4n) is 3.41. The van der Waals surface area contributed by atoms with Gasteiger partial charge in [-0.3, -0.25) is 4.79 Å². The molecule has 0 spiro atoms. The van der Waals surface area contributed by atoms with Crippen LogP contribution in [-0.2, 0) is 9.53 Å². The van der Waals surface area contributed by atoms with Gasteiger partial charge in [0.1, 0.15) is 24.2 Å². The van der Waals surface area contributed by atoms with Crippen molar-refractivity contribution in [3.8, 4) is 22.6 Å². The molecule has 32 heavy (non-hydrogen) atoms. The number of carbonyl (C=O) groups excluding carboxylic acids is 1. The second-order valence-electron chi connectivity index (χ2n) is 8.38. The van der Waals surface area contributed by atoms with Gasteiger partial charge in [0.05, 0.1) is 6.61 Å². The number of unbranched alkanes of at least 4 members (excludes halogenated alkanes) is 6. The topological polar surface area (TPSA) is 44.8 Å². The molecule has 0 unspecified atom stereocenters. The SMILES string of the molecule is CCCCCCCCOc1ccc(-c2ccc(OC[C@H](C)OC(=O)CCCC)cc2)cc1. The first-order valence-electron chi connectivity index (χ1n) is 12.3. The third kappa shape index (κ3) is 10.2. The summed E-state index contributed by atoms with van der Waals surface area (Å²) in [7, 11) is 0. The monoisotopic (exact) mass is 440 g/mol. The average molecular weight is 441 g/mol. The Labute approximate surface area is 194 Å². The number of rotatable bonds is 16. The maximum atomic E-state index is 11.7. The normalized spacial score (nSPS) is 11.7. The molecule has 0 bridgehead atoms. The van der Waals surface area contributed by atoms with Crippen LogP contribution in [0.15, 0.2) is 48.5 Å². The van der Waals surface area contributed by atoms with Crippen LogP contribution in [0.2, 0.25) is 0 Å². The van der Waals surface area contributed by atoms with E-state index in [1.165, 1.54) is 32.1 Å². The molecule has 4 heteroatoms. The van der Waals surface area contributed by atoms with E-state index in [0.717, 1.165) is 48.5 Å². The van der Waals surface area contributed by atoms with Crippen LogP contribution in [0.3, 0.4) is 0 Å². The van der Waals surface area contributed by atoms with Gasteiger partial charge >= 0.3 is 5.97 Å². The predicted octanol–water partition coefficient (Wildman–Crippen LogP) is 7.59. The van der Waals surface area contributed by atoms with Crippen molar-refractivity contribution in [3.63, 3.8) is 0 Å². The first kappa shape index (κ1) is 25.8. The standard InChI is InChI=1S/C28H40O4/c1-4-6-8-9-10-11-21-30-26-17-13-24(14-18-26)25-15-19-27(20-16-25)31-22-23(3)32-28(29)12-7-5-2/h13-20,23H,4-12,21-22H2,1-3H3/t23-/m0/s1. The van der Waals surface area contributed by atoms with Gasteiger partial charge in [0, 0.05) is 6.42 Å². The zero-order valence-corrected chi connectivity index (χ0v) is 20.1. The molecule has 0 saturated heterocycles. The Kier molecular flexibility index (Phi) is 12.3. The van der Waals surface area contributed by atoms with Gasteiger partial charge in [-0.2, -0.15) is 0 Å². The van der Waals surface area contributed by atoms with Crippen molar-refractivity contribution >= 4 is 5.97 Å². The summed E-state index contributed by atoms with van der Waals surface area (Å²) in [5.74, 6) is 1.53. The molecule has 0 aliphatic heterocycles. The summed E-state index contributed by atoms with van der Waals surface area (Å²) in [5.41, 5.74) is 2.26. The Morgan fingerprint density at radius 2 is 1.25 bits per heavy atom. The number of carbonyl (C=O) groups is 1. The molecule has 0 N–H and O–H groups in total. The van der Waals surface area contributed by atoms with Crippen molar-refractivity contribution in [1.82, 2.24) is 0 Å². The molecular formula is C28H40O4. The lowest BCUT2D eigenvalue weighted by Gasteiger charge is -2.14. The summed E-state index contributed by atoms with van der Waals surface area (Å²) >= 11 is 0. The van der Waals surface area contributed by atoms with Crippen molar-refractivity contribution in [2.45, 2.75) is 84.7 Å².